The van der Waals surface area contributed by atoms with E-state index >= 15 is 0 Å². The number of hydrogen-bond acceptors (Lipinski definition) is 4. The van der Waals surface area contributed by atoms with E-state index in [4.69, 9.17) is 10.5 Å². The molecule has 2 aliphatic heterocycles. The highest BCUT2D eigenvalue weighted by Crippen LogP contribution is 2.27. The second-order valence-corrected chi connectivity index (χ2v) is 8.63. The van der Waals surface area contributed by atoms with Gasteiger partial charge in [0.05, 0.1) is 13.2 Å². The maximum atomic E-state index is 11.8. The van der Waals surface area contributed by atoms with Crippen LogP contribution in [0.3, 0.4) is 0 Å². The number of hydrogen-bond donors (Lipinski definition) is 2. The normalized spacial score (nSPS) is 24.9. The van der Waals surface area contributed by atoms with Crippen LogP contribution in [0.5, 0.6) is 0 Å². The number of carbonyl (C=O) groups is 1. The molecule has 3 fully saturated rings. The van der Waals surface area contributed by atoms with E-state index in [0.29, 0.717) is 31.7 Å². The van der Waals surface area contributed by atoms with E-state index in [0.717, 1.165) is 25.3 Å². The molecule has 0 aromatic rings. The first-order valence-electron chi connectivity index (χ1n) is 11.4. The van der Waals surface area contributed by atoms with Gasteiger partial charge in [0.15, 0.2) is 5.96 Å². The monoisotopic (exact) mass is 521 g/mol. The lowest BCUT2D eigenvalue weighted by Gasteiger charge is -2.32. The van der Waals surface area contributed by atoms with Crippen LogP contribution in [0.2, 0.25) is 0 Å². The number of rotatable bonds is 6. The van der Waals surface area contributed by atoms with Crippen molar-refractivity contribution in [1.29, 1.82) is 0 Å². The van der Waals surface area contributed by atoms with Gasteiger partial charge in [0, 0.05) is 31.7 Å². The molecule has 1 amide bonds. The summed E-state index contributed by atoms with van der Waals surface area (Å²) in [6, 6.07) is 0.837. The van der Waals surface area contributed by atoms with Crippen molar-refractivity contribution in [3.05, 3.63) is 0 Å². The first-order valence-corrected chi connectivity index (χ1v) is 11.4. The van der Waals surface area contributed by atoms with Crippen molar-refractivity contribution >= 4 is 36.0 Å². The fourth-order valence-corrected chi connectivity index (χ4v) is 4.92. The number of nitrogens with zero attached hydrogens (tertiary/aromatic N) is 3. The lowest BCUT2D eigenvalue weighted by Crippen LogP contribution is -2.48. The average molecular weight is 521 g/mol. The smallest absolute Gasteiger partial charge is 0.409 e. The summed E-state index contributed by atoms with van der Waals surface area (Å²) in [5.74, 6) is 1.44. The Morgan fingerprint density at radius 3 is 2.48 bits per heavy atom. The zero-order chi connectivity index (χ0) is 19.8. The molecule has 1 unspecified atom stereocenters. The average Bonchev–Trinajstić information content (AvgIpc) is 3.15. The van der Waals surface area contributed by atoms with Gasteiger partial charge in [0.1, 0.15) is 0 Å². The number of amides is 1. The van der Waals surface area contributed by atoms with Gasteiger partial charge in [-0.05, 0) is 57.9 Å². The van der Waals surface area contributed by atoms with E-state index in [1.807, 2.05) is 6.92 Å². The molecular weight excluding hydrogens is 481 g/mol. The minimum atomic E-state index is -0.207. The topological polar surface area (TPSA) is 83.2 Å². The number of ether oxygens (including phenoxy) is 1. The van der Waals surface area contributed by atoms with Gasteiger partial charge in [-0.25, -0.2) is 4.79 Å². The zero-order valence-electron chi connectivity index (χ0n) is 18.0. The van der Waals surface area contributed by atoms with Crippen LogP contribution in [0.15, 0.2) is 4.99 Å². The largest absolute Gasteiger partial charge is 0.450 e. The standard InChI is InChI=1S/C21H39N5O2.HI/c1-2-28-21(27)25-13-10-18(11-14-25)24-20(22)23-15-19-9-6-12-26(19)16-17-7-4-3-5-8-17;/h17-19H,2-16H2,1H3,(H3,22,23,24);1H. The van der Waals surface area contributed by atoms with Gasteiger partial charge < -0.3 is 20.7 Å². The predicted molar refractivity (Wildman–Crippen MR) is 128 cm³/mol. The van der Waals surface area contributed by atoms with Crippen LogP contribution in [0.25, 0.3) is 0 Å². The highest BCUT2D eigenvalue weighted by Gasteiger charge is 2.28. The van der Waals surface area contributed by atoms with Crippen molar-refractivity contribution in [2.75, 3.05) is 39.3 Å². The lowest BCUT2D eigenvalue weighted by molar-refractivity contribution is 0.0963. The Bertz CT molecular complexity index is 519. The molecule has 0 bridgehead atoms. The molecule has 2 saturated heterocycles. The van der Waals surface area contributed by atoms with Gasteiger partial charge in [-0.1, -0.05) is 19.3 Å². The van der Waals surface area contributed by atoms with Crippen molar-refractivity contribution in [2.24, 2.45) is 16.6 Å². The first-order chi connectivity index (χ1) is 13.7. The summed E-state index contributed by atoms with van der Waals surface area (Å²) in [6.45, 7) is 6.95. The summed E-state index contributed by atoms with van der Waals surface area (Å²) in [5, 5.41) is 3.36. The number of nitrogens with two attached hydrogens (primary N) is 1. The molecule has 0 spiro atoms. The molecule has 3 N–H and O–H groups in total. The summed E-state index contributed by atoms with van der Waals surface area (Å²) >= 11 is 0. The Morgan fingerprint density at radius 2 is 1.79 bits per heavy atom. The van der Waals surface area contributed by atoms with E-state index < -0.39 is 0 Å². The highest BCUT2D eigenvalue weighted by molar-refractivity contribution is 14.0. The van der Waals surface area contributed by atoms with Crippen LogP contribution in [0.1, 0.15) is 64.7 Å². The van der Waals surface area contributed by atoms with Gasteiger partial charge in [0.25, 0.3) is 0 Å². The van der Waals surface area contributed by atoms with E-state index in [2.05, 4.69) is 15.2 Å². The van der Waals surface area contributed by atoms with Gasteiger partial charge >= 0.3 is 6.09 Å². The van der Waals surface area contributed by atoms with Gasteiger partial charge in [-0.3, -0.25) is 9.89 Å². The van der Waals surface area contributed by atoms with E-state index in [9.17, 15) is 4.79 Å². The molecule has 1 aliphatic carbocycles. The fourth-order valence-electron chi connectivity index (χ4n) is 4.92. The number of likely N-dealkylation sites (tertiary alicyclic amines) is 2. The molecule has 0 radical (unpaired) electrons. The van der Waals surface area contributed by atoms with E-state index in [1.54, 1.807) is 4.90 Å². The molecule has 1 saturated carbocycles. The van der Waals surface area contributed by atoms with E-state index in [-0.39, 0.29) is 36.1 Å². The lowest BCUT2D eigenvalue weighted by atomic mass is 9.89. The third-order valence-corrected chi connectivity index (χ3v) is 6.56. The Hall–Kier alpha value is -0.770. The number of halogens is 1. The van der Waals surface area contributed by atoms with Crippen molar-refractivity contribution in [2.45, 2.75) is 76.8 Å². The predicted octanol–water partition coefficient (Wildman–Crippen LogP) is 3.17. The second-order valence-electron chi connectivity index (χ2n) is 8.63. The molecule has 0 aromatic carbocycles. The maximum absolute atomic E-state index is 11.8. The van der Waals surface area contributed by atoms with Crippen molar-refractivity contribution in [3.8, 4) is 0 Å². The molecule has 3 rings (SSSR count). The molecule has 7 nitrogen and oxygen atoms in total. The molecule has 8 heteroatoms. The molecule has 3 aliphatic rings. The molecule has 0 aromatic heterocycles. The first kappa shape index (κ1) is 24.5. The number of nitrogens with one attached hydrogen (secondary N) is 1. The van der Waals surface area contributed by atoms with Gasteiger partial charge in [-0.15, -0.1) is 24.0 Å². The Labute approximate surface area is 193 Å². The van der Waals surface area contributed by atoms with Crippen molar-refractivity contribution in [1.82, 2.24) is 15.1 Å². The molecule has 168 valence electrons. The minimum Gasteiger partial charge on any atom is -0.450 e. The third-order valence-electron chi connectivity index (χ3n) is 6.56. The van der Waals surface area contributed by atoms with E-state index in [1.165, 1.54) is 58.0 Å². The fraction of sp³-hybridized carbons (Fsp3) is 0.905. The zero-order valence-corrected chi connectivity index (χ0v) is 20.3. The minimum absolute atomic E-state index is 0. The summed E-state index contributed by atoms with van der Waals surface area (Å²) < 4.78 is 5.07. The molecule has 2 heterocycles. The number of carbonyl (C=O) groups excluding carboxylic acids is 1. The summed E-state index contributed by atoms with van der Waals surface area (Å²) in [7, 11) is 0. The summed E-state index contributed by atoms with van der Waals surface area (Å²) in [6.07, 6.45) is 11.1. The Kier molecular flexibility index (Phi) is 10.8. The summed E-state index contributed by atoms with van der Waals surface area (Å²) in [4.78, 5) is 20.9. The van der Waals surface area contributed by atoms with Crippen LogP contribution in [0.4, 0.5) is 4.79 Å². The quantitative estimate of drug-likeness (QED) is 0.319. The van der Waals surface area contributed by atoms with Crippen molar-refractivity contribution in [3.63, 3.8) is 0 Å². The van der Waals surface area contributed by atoms with Gasteiger partial charge in [-0.2, -0.15) is 0 Å². The molecule has 29 heavy (non-hydrogen) atoms. The van der Waals surface area contributed by atoms with Gasteiger partial charge in [0.2, 0.25) is 0 Å². The highest BCUT2D eigenvalue weighted by atomic mass is 127. The maximum Gasteiger partial charge on any atom is 0.409 e. The molecular formula is C21H40IN5O2. The van der Waals surface area contributed by atoms with Crippen LogP contribution in [0, 0.1) is 5.92 Å². The Balaban J connectivity index is 0.00000300. The number of piperidine rings is 1. The van der Waals surface area contributed by atoms with Crippen LogP contribution in [-0.2, 0) is 4.74 Å². The SMILES string of the molecule is CCOC(=O)N1CCC(NC(N)=NCC2CCCN2CC2CCCCC2)CC1.I. The summed E-state index contributed by atoms with van der Waals surface area (Å²) in [5.41, 5.74) is 6.17. The van der Waals surface area contributed by atoms with Crippen LogP contribution < -0.4 is 11.1 Å². The second kappa shape index (κ2) is 12.8. The van der Waals surface area contributed by atoms with Crippen molar-refractivity contribution < 1.29 is 9.53 Å². The van der Waals surface area contributed by atoms with Crippen LogP contribution in [-0.4, -0.2) is 73.3 Å². The Morgan fingerprint density at radius 1 is 1.07 bits per heavy atom. The number of aliphatic imine (C=N–C) groups is 1. The third kappa shape index (κ3) is 7.77. The number of guanidine groups is 1. The van der Waals surface area contributed by atoms with Crippen LogP contribution >= 0.6 is 24.0 Å². The molecule has 1 atom stereocenters.